The van der Waals surface area contributed by atoms with E-state index in [2.05, 4.69) is 5.32 Å². The average Bonchev–Trinajstić information content (AvgIpc) is 2.42. The lowest BCUT2D eigenvalue weighted by Gasteiger charge is -2.04. The van der Waals surface area contributed by atoms with Crippen LogP contribution in [-0.2, 0) is 11.2 Å². The van der Waals surface area contributed by atoms with Gasteiger partial charge in [0.2, 0.25) is 5.91 Å². The van der Waals surface area contributed by atoms with Crippen molar-refractivity contribution in [3.05, 3.63) is 29.1 Å². The van der Waals surface area contributed by atoms with E-state index in [1.165, 1.54) is 13.0 Å². The maximum Gasteiger partial charge on any atom is 0.228 e. The van der Waals surface area contributed by atoms with E-state index >= 15 is 0 Å². The van der Waals surface area contributed by atoms with Crippen LogP contribution in [0.3, 0.4) is 0 Å². The van der Waals surface area contributed by atoms with Gasteiger partial charge in [-0.3, -0.25) is 9.59 Å². The fourth-order valence-corrected chi connectivity index (χ4v) is 1.58. The second-order valence-corrected chi connectivity index (χ2v) is 3.27. The lowest BCUT2D eigenvalue weighted by molar-refractivity contribution is -0.115. The molecular formula is C10H8FNO2. The number of hydrogen-bond donors (Lipinski definition) is 1. The summed E-state index contributed by atoms with van der Waals surface area (Å²) < 4.78 is 13.0. The minimum atomic E-state index is -0.481. The zero-order valence-corrected chi connectivity index (χ0v) is 7.56. The lowest BCUT2D eigenvalue weighted by atomic mass is 10.0. The molecule has 0 radical (unpaired) electrons. The van der Waals surface area contributed by atoms with Gasteiger partial charge < -0.3 is 5.32 Å². The molecule has 0 saturated heterocycles. The van der Waals surface area contributed by atoms with Gasteiger partial charge in [0, 0.05) is 5.56 Å². The number of carbonyl (C=O) groups is 2. The van der Waals surface area contributed by atoms with E-state index in [0.29, 0.717) is 11.3 Å². The van der Waals surface area contributed by atoms with Crippen LogP contribution in [0.4, 0.5) is 10.1 Å². The predicted molar refractivity (Wildman–Crippen MR) is 48.7 cm³/mol. The molecule has 72 valence electrons. The number of nitrogens with one attached hydrogen (secondary N) is 1. The number of halogens is 1. The van der Waals surface area contributed by atoms with E-state index in [1.807, 2.05) is 0 Å². The number of ketones is 1. The van der Waals surface area contributed by atoms with Gasteiger partial charge in [-0.25, -0.2) is 4.39 Å². The van der Waals surface area contributed by atoms with Crippen LogP contribution >= 0.6 is 0 Å². The molecule has 1 aliphatic heterocycles. The molecule has 1 heterocycles. The molecule has 14 heavy (non-hydrogen) atoms. The summed E-state index contributed by atoms with van der Waals surface area (Å²) >= 11 is 0. The van der Waals surface area contributed by atoms with Crippen LogP contribution in [-0.4, -0.2) is 11.7 Å². The smallest absolute Gasteiger partial charge is 0.228 e. The summed E-state index contributed by atoms with van der Waals surface area (Å²) in [6.45, 7) is 1.35. The van der Waals surface area contributed by atoms with E-state index in [4.69, 9.17) is 0 Å². The molecule has 0 fully saturated rings. The van der Waals surface area contributed by atoms with Crippen LogP contribution in [0, 0.1) is 5.82 Å². The molecular weight excluding hydrogens is 185 g/mol. The summed E-state index contributed by atoms with van der Waals surface area (Å²) in [6.07, 6.45) is 0.146. The molecule has 1 N–H and O–H groups in total. The van der Waals surface area contributed by atoms with Gasteiger partial charge in [-0.2, -0.15) is 0 Å². The second-order valence-electron chi connectivity index (χ2n) is 3.27. The Kier molecular flexibility index (Phi) is 1.84. The monoisotopic (exact) mass is 193 g/mol. The van der Waals surface area contributed by atoms with Gasteiger partial charge in [0.15, 0.2) is 5.78 Å². The van der Waals surface area contributed by atoms with Crippen LogP contribution in [0.25, 0.3) is 0 Å². The zero-order valence-electron chi connectivity index (χ0n) is 7.56. The Hall–Kier alpha value is -1.71. The lowest BCUT2D eigenvalue weighted by Crippen LogP contribution is -2.06. The molecule has 1 amide bonds. The summed E-state index contributed by atoms with van der Waals surface area (Å²) in [5.74, 6) is -0.929. The SMILES string of the molecule is CC(=O)c1cc(F)cc2c1NC(=O)C2. The van der Waals surface area contributed by atoms with Crippen molar-refractivity contribution < 1.29 is 14.0 Å². The van der Waals surface area contributed by atoms with Crippen LogP contribution in [0.1, 0.15) is 22.8 Å². The van der Waals surface area contributed by atoms with Gasteiger partial charge in [-0.15, -0.1) is 0 Å². The van der Waals surface area contributed by atoms with E-state index in [9.17, 15) is 14.0 Å². The Bertz CT molecular complexity index is 440. The van der Waals surface area contributed by atoms with E-state index < -0.39 is 5.82 Å². The summed E-state index contributed by atoms with van der Waals surface area (Å²) in [5, 5.41) is 2.55. The number of hydrogen-bond acceptors (Lipinski definition) is 2. The molecule has 0 aromatic heterocycles. The summed E-state index contributed by atoms with van der Waals surface area (Å²) in [7, 11) is 0. The topological polar surface area (TPSA) is 46.2 Å². The molecule has 1 aliphatic rings. The highest BCUT2D eigenvalue weighted by Gasteiger charge is 2.23. The first-order valence-electron chi connectivity index (χ1n) is 4.21. The van der Waals surface area contributed by atoms with E-state index in [1.54, 1.807) is 0 Å². The average molecular weight is 193 g/mol. The first kappa shape index (κ1) is 8.87. The molecule has 1 aromatic rings. The van der Waals surface area contributed by atoms with Crippen molar-refractivity contribution >= 4 is 17.4 Å². The largest absolute Gasteiger partial charge is 0.325 e. The second kappa shape index (κ2) is 2.90. The molecule has 0 atom stereocenters. The van der Waals surface area contributed by atoms with Gasteiger partial charge in [-0.1, -0.05) is 0 Å². The standard InChI is InChI=1S/C10H8FNO2/c1-5(13)8-4-7(11)2-6-3-9(14)12-10(6)8/h2,4H,3H2,1H3,(H,12,14). The molecule has 2 rings (SSSR count). The highest BCUT2D eigenvalue weighted by molar-refractivity contribution is 6.08. The van der Waals surface area contributed by atoms with E-state index in [0.717, 1.165) is 6.07 Å². The Balaban J connectivity index is 2.63. The van der Waals surface area contributed by atoms with E-state index in [-0.39, 0.29) is 23.7 Å². The normalized spacial score (nSPS) is 13.7. The molecule has 0 unspecified atom stereocenters. The quantitative estimate of drug-likeness (QED) is 0.687. The molecule has 0 bridgehead atoms. The maximum absolute atomic E-state index is 13.0. The first-order valence-corrected chi connectivity index (χ1v) is 4.21. The van der Waals surface area contributed by atoms with Crippen LogP contribution < -0.4 is 5.32 Å². The number of anilines is 1. The summed E-state index contributed by atoms with van der Waals surface area (Å²) in [4.78, 5) is 22.2. The predicted octanol–water partition coefficient (Wildman–Crippen LogP) is 1.52. The molecule has 4 heteroatoms. The van der Waals surface area contributed by atoms with Crippen molar-refractivity contribution in [2.75, 3.05) is 5.32 Å². The van der Waals surface area contributed by atoms with Gasteiger partial charge in [-0.05, 0) is 24.6 Å². The van der Waals surface area contributed by atoms with Gasteiger partial charge in [0.25, 0.3) is 0 Å². The van der Waals surface area contributed by atoms with Crippen molar-refractivity contribution in [1.82, 2.24) is 0 Å². The molecule has 0 saturated carbocycles. The third kappa shape index (κ3) is 1.28. The van der Waals surface area contributed by atoms with Crippen molar-refractivity contribution in [2.45, 2.75) is 13.3 Å². The highest BCUT2D eigenvalue weighted by atomic mass is 19.1. The van der Waals surface area contributed by atoms with Crippen molar-refractivity contribution in [3.63, 3.8) is 0 Å². The summed E-state index contributed by atoms with van der Waals surface area (Å²) in [5.41, 5.74) is 1.26. The third-order valence-corrected chi connectivity index (χ3v) is 2.18. The number of amides is 1. The number of carbonyl (C=O) groups excluding carboxylic acids is 2. The Morgan fingerprint density at radius 1 is 1.50 bits per heavy atom. The first-order chi connectivity index (χ1) is 6.58. The number of benzene rings is 1. The molecule has 1 aromatic carbocycles. The molecule has 0 spiro atoms. The van der Waals surface area contributed by atoms with Crippen molar-refractivity contribution in [3.8, 4) is 0 Å². The van der Waals surface area contributed by atoms with Crippen LogP contribution in [0.2, 0.25) is 0 Å². The summed E-state index contributed by atoms with van der Waals surface area (Å²) in [6, 6.07) is 2.42. The fraction of sp³-hybridized carbons (Fsp3) is 0.200. The number of rotatable bonds is 1. The Labute approximate surface area is 79.9 Å². The van der Waals surface area contributed by atoms with Crippen molar-refractivity contribution in [2.24, 2.45) is 0 Å². The number of fused-ring (bicyclic) bond motifs is 1. The highest BCUT2D eigenvalue weighted by Crippen LogP contribution is 2.28. The van der Waals surface area contributed by atoms with Crippen LogP contribution in [0.5, 0.6) is 0 Å². The minimum Gasteiger partial charge on any atom is -0.325 e. The molecule has 3 nitrogen and oxygen atoms in total. The minimum absolute atomic E-state index is 0.146. The van der Waals surface area contributed by atoms with Crippen molar-refractivity contribution in [1.29, 1.82) is 0 Å². The van der Waals surface area contributed by atoms with Gasteiger partial charge >= 0.3 is 0 Å². The Morgan fingerprint density at radius 2 is 2.21 bits per heavy atom. The number of Topliss-reactive ketones (excluding diaryl/α,β-unsaturated/α-hetero) is 1. The Morgan fingerprint density at radius 3 is 2.86 bits per heavy atom. The van der Waals surface area contributed by atoms with Crippen LogP contribution in [0.15, 0.2) is 12.1 Å². The maximum atomic E-state index is 13.0. The zero-order chi connectivity index (χ0) is 10.3. The fourth-order valence-electron chi connectivity index (χ4n) is 1.58. The molecule has 0 aliphatic carbocycles. The van der Waals surface area contributed by atoms with Gasteiger partial charge in [0.1, 0.15) is 5.82 Å². The third-order valence-electron chi connectivity index (χ3n) is 2.18. The van der Waals surface area contributed by atoms with Gasteiger partial charge in [0.05, 0.1) is 12.1 Å².